The van der Waals surface area contributed by atoms with Gasteiger partial charge in [-0.25, -0.2) is 4.39 Å². The Kier molecular flexibility index (Phi) is 6.41. The van der Waals surface area contributed by atoms with Crippen LogP contribution in [0.5, 0.6) is 11.5 Å². The van der Waals surface area contributed by atoms with E-state index >= 15 is 0 Å². The average molecular weight is 488 g/mol. The number of halogens is 4. The van der Waals surface area contributed by atoms with Crippen molar-refractivity contribution in [3.63, 3.8) is 0 Å². The van der Waals surface area contributed by atoms with Gasteiger partial charge in [-0.05, 0) is 42.7 Å². The lowest BCUT2D eigenvalue weighted by Gasteiger charge is -2.32. The number of aromatic hydroxyl groups is 1. The third kappa shape index (κ3) is 5.22. The van der Waals surface area contributed by atoms with Crippen LogP contribution in [0.15, 0.2) is 47.3 Å². The number of aromatic nitrogens is 1. The van der Waals surface area contributed by atoms with E-state index in [9.17, 15) is 27.5 Å². The van der Waals surface area contributed by atoms with Crippen LogP contribution in [-0.4, -0.2) is 35.6 Å². The lowest BCUT2D eigenvalue weighted by atomic mass is 9.97. The number of benzene rings is 2. The SMILES string of the molecule is N#Cc1ccc(-c2[nH]c(N3CCC(N)CC3)cc(=O)c2-c2ccc(OC(F)(F)F)c(O)c2)cc1F. The maximum absolute atomic E-state index is 14.4. The van der Waals surface area contributed by atoms with Gasteiger partial charge < -0.3 is 25.5 Å². The van der Waals surface area contributed by atoms with E-state index in [-0.39, 0.29) is 34.0 Å². The molecule has 1 aromatic heterocycles. The first-order valence-electron chi connectivity index (χ1n) is 10.6. The van der Waals surface area contributed by atoms with Crippen LogP contribution in [0.4, 0.5) is 23.4 Å². The van der Waals surface area contributed by atoms with Crippen molar-refractivity contribution in [3.8, 4) is 40.0 Å². The number of nitrogens with two attached hydrogens (primary N) is 1. The number of piperidine rings is 1. The highest BCUT2D eigenvalue weighted by Crippen LogP contribution is 2.37. The molecule has 1 aliphatic heterocycles. The summed E-state index contributed by atoms with van der Waals surface area (Å²) >= 11 is 0. The summed E-state index contributed by atoms with van der Waals surface area (Å²) < 4.78 is 56.0. The number of nitrogens with one attached hydrogen (secondary N) is 1. The summed E-state index contributed by atoms with van der Waals surface area (Å²) in [6.07, 6.45) is -3.60. The number of nitriles is 1. The molecule has 0 saturated carbocycles. The zero-order chi connectivity index (χ0) is 25.3. The van der Waals surface area contributed by atoms with Crippen molar-refractivity contribution < 1.29 is 27.4 Å². The smallest absolute Gasteiger partial charge is 0.504 e. The number of nitrogens with zero attached hydrogens (tertiary/aromatic N) is 2. The summed E-state index contributed by atoms with van der Waals surface area (Å²) in [5, 5.41) is 19.2. The zero-order valence-electron chi connectivity index (χ0n) is 18.2. The number of rotatable bonds is 4. The number of H-pyrrole nitrogens is 1. The number of hydrogen-bond donors (Lipinski definition) is 3. The lowest BCUT2D eigenvalue weighted by molar-refractivity contribution is -0.275. The van der Waals surface area contributed by atoms with Crippen LogP contribution in [0.1, 0.15) is 18.4 Å². The van der Waals surface area contributed by atoms with Crippen LogP contribution in [0.3, 0.4) is 0 Å². The normalized spacial score (nSPS) is 14.6. The van der Waals surface area contributed by atoms with Crippen molar-refractivity contribution in [2.24, 2.45) is 5.73 Å². The Morgan fingerprint density at radius 1 is 1.11 bits per heavy atom. The third-order valence-corrected chi connectivity index (χ3v) is 5.75. The molecule has 0 atom stereocenters. The Bertz CT molecular complexity index is 1360. The van der Waals surface area contributed by atoms with E-state index in [0.29, 0.717) is 31.7 Å². The highest BCUT2D eigenvalue weighted by Gasteiger charge is 2.32. The molecule has 1 fully saturated rings. The number of hydrogen-bond acceptors (Lipinski definition) is 6. The van der Waals surface area contributed by atoms with Gasteiger partial charge in [-0.15, -0.1) is 13.2 Å². The third-order valence-electron chi connectivity index (χ3n) is 5.75. The van der Waals surface area contributed by atoms with Gasteiger partial charge in [-0.3, -0.25) is 4.79 Å². The maximum Gasteiger partial charge on any atom is 0.573 e. The van der Waals surface area contributed by atoms with E-state index in [1.54, 1.807) is 6.07 Å². The molecule has 11 heteroatoms. The van der Waals surface area contributed by atoms with Gasteiger partial charge in [0, 0.05) is 30.8 Å². The zero-order valence-corrected chi connectivity index (χ0v) is 18.2. The number of phenols is 1. The molecule has 0 unspecified atom stereocenters. The van der Waals surface area contributed by atoms with Gasteiger partial charge in [0.2, 0.25) is 0 Å². The van der Waals surface area contributed by atoms with E-state index in [0.717, 1.165) is 18.2 Å². The molecule has 182 valence electrons. The Morgan fingerprint density at radius 2 is 1.80 bits per heavy atom. The van der Waals surface area contributed by atoms with Crippen LogP contribution in [0.25, 0.3) is 22.4 Å². The molecule has 0 aliphatic carbocycles. The molecule has 7 nitrogen and oxygen atoms in total. The highest BCUT2D eigenvalue weighted by atomic mass is 19.4. The summed E-state index contributed by atoms with van der Waals surface area (Å²) in [6, 6.07) is 9.96. The van der Waals surface area contributed by atoms with Crippen molar-refractivity contribution in [2.75, 3.05) is 18.0 Å². The van der Waals surface area contributed by atoms with E-state index in [4.69, 9.17) is 11.0 Å². The van der Waals surface area contributed by atoms with E-state index < -0.39 is 29.1 Å². The highest BCUT2D eigenvalue weighted by molar-refractivity contribution is 5.83. The fourth-order valence-corrected chi connectivity index (χ4v) is 4.01. The van der Waals surface area contributed by atoms with Gasteiger partial charge in [0.05, 0.1) is 16.8 Å². The second kappa shape index (κ2) is 9.31. The minimum Gasteiger partial charge on any atom is -0.504 e. The number of aromatic amines is 1. The van der Waals surface area contributed by atoms with Gasteiger partial charge in [-0.1, -0.05) is 12.1 Å². The van der Waals surface area contributed by atoms with Crippen LogP contribution in [0.2, 0.25) is 0 Å². The minimum atomic E-state index is -5.01. The minimum absolute atomic E-state index is 0.000396. The van der Waals surface area contributed by atoms with E-state index in [1.807, 2.05) is 4.90 Å². The first-order chi connectivity index (χ1) is 16.6. The number of phenolic OH excluding ortho intramolecular Hbond substituents is 1. The van der Waals surface area contributed by atoms with Gasteiger partial charge in [0.15, 0.2) is 16.9 Å². The summed E-state index contributed by atoms with van der Waals surface area (Å²) in [5.74, 6) is -2.00. The molecular formula is C24H20F4N4O3. The fourth-order valence-electron chi connectivity index (χ4n) is 4.01. The Morgan fingerprint density at radius 3 is 2.40 bits per heavy atom. The quantitative estimate of drug-likeness (QED) is 0.473. The Hall–Kier alpha value is -4.04. The summed E-state index contributed by atoms with van der Waals surface area (Å²) in [7, 11) is 0. The molecule has 0 spiro atoms. The predicted octanol–water partition coefficient (Wildman–Crippen LogP) is 4.25. The molecule has 0 bridgehead atoms. The van der Waals surface area contributed by atoms with Crippen LogP contribution in [-0.2, 0) is 0 Å². The van der Waals surface area contributed by atoms with Gasteiger partial charge in [0.1, 0.15) is 17.7 Å². The lowest BCUT2D eigenvalue weighted by Crippen LogP contribution is -2.40. The molecule has 2 heterocycles. The van der Waals surface area contributed by atoms with Crippen molar-refractivity contribution >= 4 is 5.82 Å². The van der Waals surface area contributed by atoms with Crippen LogP contribution < -0.4 is 20.8 Å². The molecule has 0 amide bonds. The maximum atomic E-state index is 14.4. The van der Waals surface area contributed by atoms with Crippen molar-refractivity contribution in [2.45, 2.75) is 25.2 Å². The van der Waals surface area contributed by atoms with Crippen LogP contribution in [0, 0.1) is 17.1 Å². The molecule has 4 rings (SSSR count). The molecule has 3 aromatic rings. The monoisotopic (exact) mass is 488 g/mol. The van der Waals surface area contributed by atoms with Gasteiger partial charge in [-0.2, -0.15) is 5.26 Å². The molecular weight excluding hydrogens is 468 g/mol. The molecule has 1 saturated heterocycles. The summed E-state index contributed by atoms with van der Waals surface area (Å²) in [4.78, 5) is 18.3. The number of anilines is 1. The van der Waals surface area contributed by atoms with E-state index in [2.05, 4.69) is 9.72 Å². The van der Waals surface area contributed by atoms with Crippen molar-refractivity contribution in [1.29, 1.82) is 5.26 Å². The van der Waals surface area contributed by atoms with Gasteiger partial charge in [0.25, 0.3) is 0 Å². The predicted molar refractivity (Wildman–Crippen MR) is 120 cm³/mol. The second-order valence-electron chi connectivity index (χ2n) is 8.13. The standard InChI is InChI=1S/C24H20F4N4O3/c25-17-9-14(1-2-15(17)12-29)23-22(13-3-4-20(18(33)10-13)35-24(26,27)28)19(34)11-21(31-23)32-7-5-16(30)6-8-32/h1-4,9-11,16,33H,5-8,30H2,(H,31,34). The first-order valence-corrected chi connectivity index (χ1v) is 10.6. The Balaban J connectivity index is 1.87. The summed E-state index contributed by atoms with van der Waals surface area (Å²) in [5.41, 5.74) is 5.77. The fraction of sp³-hybridized carbons (Fsp3) is 0.250. The number of alkyl halides is 3. The van der Waals surface area contributed by atoms with Crippen molar-refractivity contribution in [3.05, 3.63) is 64.1 Å². The largest absolute Gasteiger partial charge is 0.573 e. The Labute approximate surface area is 197 Å². The molecule has 0 radical (unpaired) electrons. The van der Waals surface area contributed by atoms with E-state index in [1.165, 1.54) is 24.3 Å². The van der Waals surface area contributed by atoms with Crippen LogP contribution >= 0.6 is 0 Å². The number of ether oxygens (including phenoxy) is 1. The summed E-state index contributed by atoms with van der Waals surface area (Å²) in [6.45, 7) is 1.17. The average Bonchev–Trinajstić information content (AvgIpc) is 2.79. The first kappa shape index (κ1) is 24.1. The van der Waals surface area contributed by atoms with Gasteiger partial charge >= 0.3 is 6.36 Å². The second-order valence-corrected chi connectivity index (χ2v) is 8.13. The molecule has 2 aromatic carbocycles. The van der Waals surface area contributed by atoms with Crippen molar-refractivity contribution in [1.82, 2.24) is 4.98 Å². The molecule has 35 heavy (non-hydrogen) atoms. The number of pyridine rings is 1. The topological polar surface area (TPSA) is 115 Å². The molecule has 4 N–H and O–H groups in total. The molecule has 1 aliphatic rings.